The summed E-state index contributed by atoms with van der Waals surface area (Å²) in [6, 6.07) is 4.27. The van der Waals surface area contributed by atoms with Gasteiger partial charge in [-0.05, 0) is 42.9 Å². The van der Waals surface area contributed by atoms with Crippen LogP contribution in [0.1, 0.15) is 35.2 Å². The first kappa shape index (κ1) is 14.1. The maximum atomic E-state index is 13.9. The predicted molar refractivity (Wildman–Crippen MR) is 77.1 cm³/mol. The smallest absolute Gasteiger partial charge is 0.256 e. The number of nitrogens with zero attached hydrogens (tertiary/aromatic N) is 1. The summed E-state index contributed by atoms with van der Waals surface area (Å²) < 4.78 is 13.9. The molecule has 1 aromatic carbocycles. The highest BCUT2D eigenvalue weighted by Gasteiger charge is 2.38. The molecule has 3 nitrogen and oxygen atoms in total. The fourth-order valence-electron chi connectivity index (χ4n) is 3.48. The lowest BCUT2D eigenvalue weighted by molar-refractivity contribution is 0.0776. The molecule has 21 heavy (non-hydrogen) atoms. The van der Waals surface area contributed by atoms with Gasteiger partial charge in [-0.3, -0.25) is 4.79 Å². The van der Waals surface area contributed by atoms with E-state index in [0.29, 0.717) is 17.4 Å². The number of fused-ring (bicyclic) bond motifs is 1. The molecule has 1 saturated heterocycles. The van der Waals surface area contributed by atoms with Gasteiger partial charge in [0.1, 0.15) is 12.4 Å². The average molecular weight is 287 g/mol. The molecule has 0 spiro atoms. The zero-order chi connectivity index (χ0) is 14.8. The standard InChI is InChI=1S/C17H18FNO2/c18-16-7-6-12(3-2-8-20)9-15(16)17(21)19-10-13-4-1-5-14(13)11-19/h6-7,9,13-14,20H,1,4-5,8,10-11H2. The lowest BCUT2D eigenvalue weighted by Gasteiger charge is -2.17. The Bertz CT molecular complexity index is 605. The van der Waals surface area contributed by atoms with Crippen molar-refractivity contribution in [3.8, 4) is 11.8 Å². The maximum absolute atomic E-state index is 13.9. The lowest BCUT2D eigenvalue weighted by Crippen LogP contribution is -2.30. The van der Waals surface area contributed by atoms with Gasteiger partial charge < -0.3 is 10.0 Å². The maximum Gasteiger partial charge on any atom is 0.256 e. The topological polar surface area (TPSA) is 40.5 Å². The van der Waals surface area contributed by atoms with E-state index in [2.05, 4.69) is 11.8 Å². The molecule has 2 fully saturated rings. The van der Waals surface area contributed by atoms with Gasteiger partial charge in [-0.1, -0.05) is 18.3 Å². The molecule has 1 heterocycles. The lowest BCUT2D eigenvalue weighted by atomic mass is 10.0. The van der Waals surface area contributed by atoms with Gasteiger partial charge in [-0.15, -0.1) is 0 Å². The number of aliphatic hydroxyl groups is 1. The van der Waals surface area contributed by atoms with Crippen LogP contribution >= 0.6 is 0 Å². The molecule has 0 radical (unpaired) electrons. The second-order valence-electron chi connectivity index (χ2n) is 5.82. The summed E-state index contributed by atoms with van der Waals surface area (Å²) in [6.07, 6.45) is 3.61. The van der Waals surface area contributed by atoms with E-state index in [4.69, 9.17) is 5.11 Å². The number of rotatable bonds is 1. The summed E-state index contributed by atoms with van der Waals surface area (Å²) in [4.78, 5) is 14.3. The van der Waals surface area contributed by atoms with Gasteiger partial charge >= 0.3 is 0 Å². The van der Waals surface area contributed by atoms with Gasteiger partial charge in [-0.25, -0.2) is 4.39 Å². The normalized spacial score (nSPS) is 23.6. The molecule has 1 N–H and O–H groups in total. The first-order valence-electron chi connectivity index (χ1n) is 7.37. The molecular formula is C17H18FNO2. The van der Waals surface area contributed by atoms with Crippen LogP contribution in [0.15, 0.2) is 18.2 Å². The summed E-state index contributed by atoms with van der Waals surface area (Å²) in [5, 5.41) is 8.70. The molecule has 1 aromatic rings. The summed E-state index contributed by atoms with van der Waals surface area (Å²) >= 11 is 0. The Hall–Kier alpha value is -1.86. The third-order valence-electron chi connectivity index (χ3n) is 4.52. The minimum Gasteiger partial charge on any atom is -0.384 e. The van der Waals surface area contributed by atoms with Crippen molar-refractivity contribution in [1.29, 1.82) is 0 Å². The Morgan fingerprint density at radius 3 is 2.71 bits per heavy atom. The van der Waals surface area contributed by atoms with Crippen LogP contribution in [0.3, 0.4) is 0 Å². The molecule has 1 saturated carbocycles. The zero-order valence-electron chi connectivity index (χ0n) is 11.8. The number of benzene rings is 1. The number of carbonyl (C=O) groups is 1. The molecule has 110 valence electrons. The van der Waals surface area contributed by atoms with E-state index < -0.39 is 5.82 Å². The van der Waals surface area contributed by atoms with Gasteiger partial charge in [-0.2, -0.15) is 0 Å². The molecule has 3 rings (SSSR count). The number of aliphatic hydroxyl groups excluding tert-OH is 1. The van der Waals surface area contributed by atoms with Crippen LogP contribution < -0.4 is 0 Å². The van der Waals surface area contributed by atoms with Crippen LogP contribution in [-0.4, -0.2) is 35.6 Å². The van der Waals surface area contributed by atoms with E-state index in [1.165, 1.54) is 37.5 Å². The molecule has 1 aliphatic carbocycles. The second kappa shape index (κ2) is 5.87. The Morgan fingerprint density at radius 1 is 1.33 bits per heavy atom. The molecular weight excluding hydrogens is 269 g/mol. The van der Waals surface area contributed by atoms with Crippen molar-refractivity contribution in [3.63, 3.8) is 0 Å². The van der Waals surface area contributed by atoms with Crippen molar-refractivity contribution in [2.75, 3.05) is 19.7 Å². The van der Waals surface area contributed by atoms with Crippen molar-refractivity contribution >= 4 is 5.91 Å². The second-order valence-corrected chi connectivity index (χ2v) is 5.82. The number of amides is 1. The first-order valence-corrected chi connectivity index (χ1v) is 7.37. The zero-order valence-corrected chi connectivity index (χ0v) is 11.8. The van der Waals surface area contributed by atoms with Gasteiger partial charge in [0.2, 0.25) is 0 Å². The summed E-state index contributed by atoms with van der Waals surface area (Å²) in [5.41, 5.74) is 0.632. The highest BCUT2D eigenvalue weighted by molar-refractivity contribution is 5.95. The fourth-order valence-corrected chi connectivity index (χ4v) is 3.48. The van der Waals surface area contributed by atoms with Gasteiger partial charge in [0.25, 0.3) is 5.91 Å². The number of halogens is 1. The minimum atomic E-state index is -0.508. The molecule has 0 bridgehead atoms. The van der Waals surface area contributed by atoms with Crippen LogP contribution in [0.4, 0.5) is 4.39 Å². The minimum absolute atomic E-state index is 0.0831. The first-order chi connectivity index (χ1) is 10.2. The van der Waals surface area contributed by atoms with Crippen molar-refractivity contribution in [2.45, 2.75) is 19.3 Å². The molecule has 1 amide bonds. The average Bonchev–Trinajstić information content (AvgIpc) is 3.07. The molecule has 2 unspecified atom stereocenters. The van der Waals surface area contributed by atoms with Crippen LogP contribution in [0, 0.1) is 29.5 Å². The van der Waals surface area contributed by atoms with E-state index in [-0.39, 0.29) is 18.1 Å². The summed E-state index contributed by atoms with van der Waals surface area (Å²) in [6.45, 7) is 1.24. The molecule has 0 aromatic heterocycles. The SMILES string of the molecule is O=C(c1cc(C#CCO)ccc1F)N1CC2CCCC2C1. The Morgan fingerprint density at radius 2 is 2.05 bits per heavy atom. The number of hydrogen-bond donors (Lipinski definition) is 1. The van der Waals surface area contributed by atoms with Gasteiger partial charge in [0.05, 0.1) is 5.56 Å². The fraction of sp³-hybridized carbons (Fsp3) is 0.471. The Balaban J connectivity index is 1.81. The van der Waals surface area contributed by atoms with E-state index in [0.717, 1.165) is 13.1 Å². The highest BCUT2D eigenvalue weighted by Crippen LogP contribution is 2.38. The predicted octanol–water partition coefficient (Wildman–Crippen LogP) is 2.04. The number of carbonyl (C=O) groups excluding carboxylic acids is 1. The molecule has 2 aliphatic rings. The number of likely N-dealkylation sites (tertiary alicyclic amines) is 1. The van der Waals surface area contributed by atoms with Crippen molar-refractivity contribution in [3.05, 3.63) is 35.1 Å². The number of hydrogen-bond acceptors (Lipinski definition) is 2. The van der Waals surface area contributed by atoms with Crippen LogP contribution in [0.25, 0.3) is 0 Å². The van der Waals surface area contributed by atoms with Crippen molar-refractivity contribution < 1.29 is 14.3 Å². The van der Waals surface area contributed by atoms with Crippen LogP contribution in [-0.2, 0) is 0 Å². The van der Waals surface area contributed by atoms with Crippen molar-refractivity contribution in [2.24, 2.45) is 11.8 Å². The highest BCUT2D eigenvalue weighted by atomic mass is 19.1. The quantitative estimate of drug-likeness (QED) is 0.803. The van der Waals surface area contributed by atoms with Crippen LogP contribution in [0.2, 0.25) is 0 Å². The molecule has 2 atom stereocenters. The van der Waals surface area contributed by atoms with Crippen LogP contribution in [0.5, 0.6) is 0 Å². The van der Waals surface area contributed by atoms with Gasteiger partial charge in [0, 0.05) is 18.7 Å². The van der Waals surface area contributed by atoms with E-state index in [9.17, 15) is 9.18 Å². The van der Waals surface area contributed by atoms with Gasteiger partial charge in [0.15, 0.2) is 0 Å². The molecule has 4 heteroatoms. The van der Waals surface area contributed by atoms with E-state index in [1.807, 2.05) is 0 Å². The van der Waals surface area contributed by atoms with Crippen molar-refractivity contribution in [1.82, 2.24) is 4.90 Å². The molecule has 1 aliphatic heterocycles. The van der Waals surface area contributed by atoms with E-state index in [1.54, 1.807) is 4.90 Å². The summed E-state index contributed by atoms with van der Waals surface area (Å²) in [5.74, 6) is 5.66. The summed E-state index contributed by atoms with van der Waals surface area (Å²) in [7, 11) is 0. The Labute approximate surface area is 123 Å². The van der Waals surface area contributed by atoms with E-state index >= 15 is 0 Å². The largest absolute Gasteiger partial charge is 0.384 e. The third kappa shape index (κ3) is 2.79. The monoisotopic (exact) mass is 287 g/mol. The Kier molecular flexibility index (Phi) is 3.94. The third-order valence-corrected chi connectivity index (χ3v) is 4.52.